The maximum atomic E-state index is 13.1. The second-order valence-corrected chi connectivity index (χ2v) is 7.54. The van der Waals surface area contributed by atoms with Crippen LogP contribution in [0.25, 0.3) is 6.08 Å². The predicted octanol–water partition coefficient (Wildman–Crippen LogP) is 3.97. The second kappa shape index (κ2) is 9.61. The van der Waals surface area contributed by atoms with Gasteiger partial charge < -0.3 is 29.3 Å². The van der Waals surface area contributed by atoms with Gasteiger partial charge in [0.1, 0.15) is 5.70 Å². The number of nitrogens with one attached hydrogen (secondary N) is 2. The van der Waals surface area contributed by atoms with Crippen LogP contribution in [0.1, 0.15) is 26.5 Å². The molecule has 168 valence electrons. The molecule has 0 atom stereocenters. The van der Waals surface area contributed by atoms with Gasteiger partial charge in [-0.15, -0.1) is 0 Å². The van der Waals surface area contributed by atoms with Gasteiger partial charge in [-0.2, -0.15) is 0 Å². The smallest absolute Gasteiger partial charge is 0.337 e. The highest BCUT2D eigenvalue weighted by Gasteiger charge is 2.19. The molecule has 4 rings (SSSR count). The van der Waals surface area contributed by atoms with E-state index in [1.165, 1.54) is 25.3 Å². The van der Waals surface area contributed by atoms with Gasteiger partial charge in [0.25, 0.3) is 11.8 Å². The molecule has 3 aromatic rings. The number of ether oxygens (including phenoxy) is 3. The lowest BCUT2D eigenvalue weighted by atomic mass is 10.1. The summed E-state index contributed by atoms with van der Waals surface area (Å²) in [4.78, 5) is 37.5. The minimum absolute atomic E-state index is 0.0129. The van der Waals surface area contributed by atoms with Crippen LogP contribution in [-0.2, 0) is 9.53 Å². The average molecular weight is 513 g/mol. The lowest BCUT2D eigenvalue weighted by Crippen LogP contribution is -2.30. The summed E-state index contributed by atoms with van der Waals surface area (Å²) in [5, 5.41) is 5.23. The van der Waals surface area contributed by atoms with E-state index in [1.54, 1.807) is 42.5 Å². The summed E-state index contributed by atoms with van der Waals surface area (Å²) in [5.74, 6) is -0.657. The second-order valence-electron chi connectivity index (χ2n) is 6.76. The van der Waals surface area contributed by atoms with E-state index in [9.17, 15) is 14.4 Å². The molecule has 1 aromatic heterocycles. The van der Waals surface area contributed by atoms with Crippen LogP contribution in [0.4, 0.5) is 5.69 Å². The van der Waals surface area contributed by atoms with Gasteiger partial charge in [-0.25, -0.2) is 4.79 Å². The monoisotopic (exact) mass is 512 g/mol. The molecule has 10 heteroatoms. The summed E-state index contributed by atoms with van der Waals surface area (Å²) >= 11 is 3.14. The molecule has 0 spiro atoms. The molecule has 0 aliphatic carbocycles. The highest BCUT2D eigenvalue weighted by atomic mass is 79.9. The number of esters is 1. The van der Waals surface area contributed by atoms with Crippen LogP contribution in [0.5, 0.6) is 11.5 Å². The lowest BCUT2D eigenvalue weighted by Gasteiger charge is -2.11. The van der Waals surface area contributed by atoms with Crippen molar-refractivity contribution in [2.24, 2.45) is 0 Å². The molecule has 2 N–H and O–H groups in total. The van der Waals surface area contributed by atoms with Crippen LogP contribution in [-0.4, -0.2) is 31.7 Å². The van der Waals surface area contributed by atoms with Gasteiger partial charge in [0, 0.05) is 5.69 Å². The van der Waals surface area contributed by atoms with Crippen molar-refractivity contribution in [3.05, 3.63) is 81.9 Å². The molecule has 1 aliphatic heterocycles. The third-order valence-corrected chi connectivity index (χ3v) is 4.97. The number of rotatable bonds is 6. The summed E-state index contributed by atoms with van der Waals surface area (Å²) < 4.78 is 21.0. The van der Waals surface area contributed by atoms with E-state index in [-0.39, 0.29) is 23.8 Å². The molecule has 0 radical (unpaired) electrons. The molecular weight excluding hydrogens is 496 g/mol. The van der Waals surface area contributed by atoms with E-state index >= 15 is 0 Å². The number of fused-ring (bicyclic) bond motifs is 1. The first-order valence-corrected chi connectivity index (χ1v) is 10.4. The molecular formula is C23H17BrN2O7. The van der Waals surface area contributed by atoms with E-state index in [0.29, 0.717) is 27.4 Å². The Morgan fingerprint density at radius 2 is 1.85 bits per heavy atom. The van der Waals surface area contributed by atoms with Crippen LogP contribution in [0.3, 0.4) is 0 Å². The number of hydrogen-bond donors (Lipinski definition) is 2. The highest BCUT2D eigenvalue weighted by Crippen LogP contribution is 2.33. The summed E-state index contributed by atoms with van der Waals surface area (Å²) in [6, 6.07) is 14.4. The number of carbonyl (C=O) groups excluding carboxylic acids is 3. The van der Waals surface area contributed by atoms with E-state index in [2.05, 4.69) is 26.6 Å². The number of halogens is 1. The average Bonchev–Trinajstić information content (AvgIpc) is 3.46. The number of methoxy groups -OCH3 is 1. The Balaban J connectivity index is 1.62. The van der Waals surface area contributed by atoms with Gasteiger partial charge in [-0.1, -0.05) is 12.1 Å². The zero-order valence-electron chi connectivity index (χ0n) is 17.2. The van der Waals surface area contributed by atoms with E-state index in [4.69, 9.17) is 18.6 Å². The van der Waals surface area contributed by atoms with Crippen molar-refractivity contribution in [1.82, 2.24) is 5.32 Å². The normalized spacial score (nSPS) is 12.2. The number of hydrogen-bond acceptors (Lipinski definition) is 7. The van der Waals surface area contributed by atoms with Crippen molar-refractivity contribution in [2.75, 3.05) is 19.2 Å². The molecule has 2 heterocycles. The molecule has 9 nitrogen and oxygen atoms in total. The Bertz CT molecular complexity index is 1270. The maximum Gasteiger partial charge on any atom is 0.337 e. The highest BCUT2D eigenvalue weighted by molar-refractivity contribution is 9.10. The zero-order chi connectivity index (χ0) is 23.4. The minimum Gasteiger partial charge on any atom is -0.465 e. The first-order valence-electron chi connectivity index (χ1n) is 9.61. The quantitative estimate of drug-likeness (QED) is 0.379. The van der Waals surface area contributed by atoms with Gasteiger partial charge in [0.15, 0.2) is 21.9 Å². The zero-order valence-corrected chi connectivity index (χ0v) is 18.8. The Morgan fingerprint density at radius 3 is 2.61 bits per heavy atom. The Labute approximate surface area is 196 Å². The molecule has 0 saturated heterocycles. The predicted molar refractivity (Wildman–Crippen MR) is 121 cm³/mol. The fourth-order valence-electron chi connectivity index (χ4n) is 2.99. The number of furan rings is 1. The maximum absolute atomic E-state index is 13.1. The van der Waals surface area contributed by atoms with Gasteiger partial charge in [0.05, 0.1) is 12.7 Å². The van der Waals surface area contributed by atoms with Gasteiger partial charge in [-0.3, -0.25) is 9.59 Å². The third-order valence-electron chi connectivity index (χ3n) is 4.54. The number of carbonyl (C=O) groups is 3. The van der Waals surface area contributed by atoms with Crippen molar-refractivity contribution in [1.29, 1.82) is 0 Å². The van der Waals surface area contributed by atoms with Crippen LogP contribution in [0.15, 0.2) is 69.4 Å². The van der Waals surface area contributed by atoms with Crippen LogP contribution in [0.2, 0.25) is 0 Å². The van der Waals surface area contributed by atoms with Gasteiger partial charge in [-0.05, 0) is 70.0 Å². The fourth-order valence-corrected chi connectivity index (χ4v) is 3.29. The van der Waals surface area contributed by atoms with Crippen molar-refractivity contribution in [2.45, 2.75) is 0 Å². The fraction of sp³-hybridized carbons (Fsp3) is 0.0870. The SMILES string of the molecule is COC(=O)c1cccc(NC(=O)/C(=C\c2ccc3c(c2)OCO3)NC(=O)c2ccc(Br)o2)c1. The molecule has 1 aliphatic rings. The summed E-state index contributed by atoms with van der Waals surface area (Å²) in [6.45, 7) is 0.108. The van der Waals surface area contributed by atoms with Crippen molar-refractivity contribution < 1.29 is 33.0 Å². The Kier molecular flexibility index (Phi) is 6.45. The molecule has 0 saturated carbocycles. The van der Waals surface area contributed by atoms with Gasteiger partial charge in [0.2, 0.25) is 6.79 Å². The summed E-state index contributed by atoms with van der Waals surface area (Å²) in [5.41, 5.74) is 1.14. The van der Waals surface area contributed by atoms with Gasteiger partial charge >= 0.3 is 5.97 Å². The third kappa shape index (κ3) is 5.24. The molecule has 0 bridgehead atoms. The Morgan fingerprint density at radius 1 is 1.03 bits per heavy atom. The lowest BCUT2D eigenvalue weighted by molar-refractivity contribution is -0.113. The van der Waals surface area contributed by atoms with E-state index in [1.807, 2.05) is 0 Å². The van der Waals surface area contributed by atoms with Crippen LogP contribution in [0, 0.1) is 0 Å². The van der Waals surface area contributed by atoms with Crippen molar-refractivity contribution >= 4 is 45.5 Å². The minimum atomic E-state index is -0.619. The first kappa shape index (κ1) is 22.2. The topological polar surface area (TPSA) is 116 Å². The first-order chi connectivity index (χ1) is 15.9. The molecule has 2 amide bonds. The van der Waals surface area contributed by atoms with Crippen molar-refractivity contribution in [3.8, 4) is 11.5 Å². The van der Waals surface area contributed by atoms with Crippen molar-refractivity contribution in [3.63, 3.8) is 0 Å². The molecule has 0 unspecified atom stereocenters. The number of amides is 2. The van der Waals surface area contributed by atoms with E-state index < -0.39 is 17.8 Å². The number of anilines is 1. The Hall–Kier alpha value is -4.05. The van der Waals surface area contributed by atoms with Crippen LogP contribution >= 0.6 is 15.9 Å². The summed E-state index contributed by atoms with van der Waals surface area (Å²) in [7, 11) is 1.27. The standard InChI is InChI=1S/C23H17BrN2O7/c1-30-23(29)14-3-2-4-15(11-14)25-21(27)16(26-22(28)18-7-8-20(24)33-18)9-13-5-6-17-19(10-13)32-12-31-17/h2-11H,12H2,1H3,(H,25,27)(H,26,28)/b16-9+. The van der Waals surface area contributed by atoms with E-state index in [0.717, 1.165) is 0 Å². The summed E-state index contributed by atoms with van der Waals surface area (Å²) in [6.07, 6.45) is 1.48. The molecule has 33 heavy (non-hydrogen) atoms. The molecule has 0 fully saturated rings. The largest absolute Gasteiger partial charge is 0.465 e. The van der Waals surface area contributed by atoms with Crippen LogP contribution < -0.4 is 20.1 Å². The number of benzene rings is 2. The molecule has 2 aromatic carbocycles.